The summed E-state index contributed by atoms with van der Waals surface area (Å²) in [6.45, 7) is 1.60. The molecule has 0 unspecified atom stereocenters. The van der Waals surface area contributed by atoms with Crippen molar-refractivity contribution in [3.8, 4) is 11.1 Å². The van der Waals surface area contributed by atoms with E-state index in [4.69, 9.17) is 21.1 Å². The number of carboxylic acid groups (broad SMARTS) is 2. The maximum absolute atomic E-state index is 12.4. The number of aryl methyl sites for hydroxylation is 1. The van der Waals surface area contributed by atoms with Gasteiger partial charge in [-0.05, 0) is 36.2 Å². The van der Waals surface area contributed by atoms with Crippen LogP contribution in [0.3, 0.4) is 0 Å². The average molecular weight is 360 g/mol. The van der Waals surface area contributed by atoms with Gasteiger partial charge in [-0.25, -0.2) is 19.4 Å². The van der Waals surface area contributed by atoms with Gasteiger partial charge in [-0.2, -0.15) is 0 Å². The third kappa shape index (κ3) is 2.85. The van der Waals surface area contributed by atoms with Gasteiger partial charge in [0, 0.05) is 10.4 Å². The first-order valence-electron chi connectivity index (χ1n) is 7.00. The van der Waals surface area contributed by atoms with Gasteiger partial charge < -0.3 is 14.6 Å². The number of carbonyl (C=O) groups is 2. The van der Waals surface area contributed by atoms with Gasteiger partial charge in [0.05, 0.1) is 11.1 Å². The van der Waals surface area contributed by atoms with Crippen LogP contribution in [0.1, 0.15) is 26.4 Å². The minimum absolute atomic E-state index is 0.205. The standard InChI is InChI=1S/C17H10ClNO6/c1-7-10-6-11(15(20)21)13(16(22)23)19-14(10)25-17(24)12(7)8-3-2-4-9(18)5-8/h2-6H,1H3,(H,20,21)(H,22,23). The number of nitrogens with zero attached hydrogens (tertiary/aromatic N) is 1. The maximum atomic E-state index is 12.4. The molecule has 3 rings (SSSR count). The van der Waals surface area contributed by atoms with Crippen molar-refractivity contribution in [3.05, 3.63) is 62.6 Å². The zero-order chi connectivity index (χ0) is 18.3. The molecule has 0 fully saturated rings. The zero-order valence-corrected chi connectivity index (χ0v) is 13.5. The molecule has 0 radical (unpaired) electrons. The lowest BCUT2D eigenvalue weighted by Crippen LogP contribution is -2.13. The van der Waals surface area contributed by atoms with Crippen molar-refractivity contribution >= 4 is 34.6 Å². The van der Waals surface area contributed by atoms with Gasteiger partial charge in [0.15, 0.2) is 5.69 Å². The Morgan fingerprint density at radius 3 is 2.48 bits per heavy atom. The van der Waals surface area contributed by atoms with Gasteiger partial charge in [0.1, 0.15) is 0 Å². The Morgan fingerprint density at radius 2 is 1.88 bits per heavy atom. The first-order valence-corrected chi connectivity index (χ1v) is 7.38. The van der Waals surface area contributed by atoms with E-state index in [1.54, 1.807) is 31.2 Å². The molecule has 7 nitrogen and oxygen atoms in total. The maximum Gasteiger partial charge on any atom is 0.355 e. The number of pyridine rings is 1. The van der Waals surface area contributed by atoms with Crippen LogP contribution in [-0.4, -0.2) is 27.1 Å². The Kier molecular flexibility index (Phi) is 4.02. The van der Waals surface area contributed by atoms with Gasteiger partial charge >= 0.3 is 17.6 Å². The predicted octanol–water partition coefficient (Wildman–Crippen LogP) is 3.21. The predicted molar refractivity (Wildman–Crippen MR) is 89.4 cm³/mol. The number of aromatic carboxylic acids is 2. The van der Waals surface area contributed by atoms with E-state index in [-0.39, 0.29) is 16.7 Å². The summed E-state index contributed by atoms with van der Waals surface area (Å²) in [5.41, 5.74) is -1.03. The lowest BCUT2D eigenvalue weighted by molar-refractivity contribution is 0.0646. The van der Waals surface area contributed by atoms with E-state index in [0.29, 0.717) is 16.1 Å². The first kappa shape index (κ1) is 16.7. The zero-order valence-electron chi connectivity index (χ0n) is 12.7. The molecule has 8 heteroatoms. The SMILES string of the molecule is Cc1c(-c2cccc(Cl)c2)c(=O)oc2nc(C(=O)O)c(C(=O)O)cc12. The van der Waals surface area contributed by atoms with Crippen molar-refractivity contribution in [2.24, 2.45) is 0 Å². The Morgan fingerprint density at radius 1 is 1.16 bits per heavy atom. The van der Waals surface area contributed by atoms with Crippen molar-refractivity contribution in [3.63, 3.8) is 0 Å². The molecular weight excluding hydrogens is 350 g/mol. The number of halogens is 1. The summed E-state index contributed by atoms with van der Waals surface area (Å²) < 4.78 is 5.13. The van der Waals surface area contributed by atoms with E-state index < -0.39 is 28.8 Å². The van der Waals surface area contributed by atoms with Gasteiger partial charge in [-0.1, -0.05) is 23.7 Å². The highest BCUT2D eigenvalue weighted by atomic mass is 35.5. The number of aromatic nitrogens is 1. The molecule has 0 saturated carbocycles. The summed E-state index contributed by atoms with van der Waals surface area (Å²) >= 11 is 5.95. The van der Waals surface area contributed by atoms with E-state index in [9.17, 15) is 19.5 Å². The monoisotopic (exact) mass is 359 g/mol. The molecular formula is C17H10ClNO6. The van der Waals surface area contributed by atoms with Crippen molar-refractivity contribution < 1.29 is 24.2 Å². The van der Waals surface area contributed by atoms with E-state index in [2.05, 4.69) is 4.98 Å². The van der Waals surface area contributed by atoms with Gasteiger partial charge in [0.25, 0.3) is 0 Å². The van der Waals surface area contributed by atoms with Crippen LogP contribution in [-0.2, 0) is 0 Å². The minimum atomic E-state index is -1.53. The molecule has 0 bridgehead atoms. The van der Waals surface area contributed by atoms with E-state index in [1.165, 1.54) is 0 Å². The highest BCUT2D eigenvalue weighted by molar-refractivity contribution is 6.30. The van der Waals surface area contributed by atoms with Crippen molar-refractivity contribution in [1.29, 1.82) is 0 Å². The Bertz CT molecular complexity index is 1100. The minimum Gasteiger partial charge on any atom is -0.478 e. The van der Waals surface area contributed by atoms with Gasteiger partial charge in [-0.15, -0.1) is 0 Å². The Labute approximate surface area is 145 Å². The summed E-state index contributed by atoms with van der Waals surface area (Å²) in [4.78, 5) is 38.6. The molecule has 2 aromatic heterocycles. The topological polar surface area (TPSA) is 118 Å². The van der Waals surface area contributed by atoms with Crippen LogP contribution in [0, 0.1) is 6.92 Å². The second-order valence-corrected chi connectivity index (χ2v) is 5.68. The smallest absolute Gasteiger partial charge is 0.355 e. The van der Waals surface area contributed by atoms with Crippen LogP contribution in [0.4, 0.5) is 0 Å². The number of rotatable bonds is 3. The molecule has 0 aliphatic rings. The molecule has 3 aromatic rings. The Hall–Kier alpha value is -3.19. The summed E-state index contributed by atoms with van der Waals surface area (Å²) in [6, 6.07) is 7.68. The number of hydrogen-bond donors (Lipinski definition) is 2. The first-order chi connectivity index (χ1) is 11.8. The molecule has 0 aliphatic heterocycles. The van der Waals surface area contributed by atoms with Crippen LogP contribution in [0.15, 0.2) is 39.5 Å². The highest BCUT2D eigenvalue weighted by Crippen LogP contribution is 2.28. The fourth-order valence-electron chi connectivity index (χ4n) is 2.57. The molecule has 2 heterocycles. The third-order valence-electron chi connectivity index (χ3n) is 3.71. The van der Waals surface area contributed by atoms with Crippen molar-refractivity contribution in [2.45, 2.75) is 6.92 Å². The molecule has 0 atom stereocenters. The molecule has 0 amide bonds. The largest absolute Gasteiger partial charge is 0.478 e. The fourth-order valence-corrected chi connectivity index (χ4v) is 2.76. The van der Waals surface area contributed by atoms with Crippen LogP contribution in [0.25, 0.3) is 22.2 Å². The fraction of sp³-hybridized carbons (Fsp3) is 0.0588. The second-order valence-electron chi connectivity index (χ2n) is 5.25. The van der Waals surface area contributed by atoms with Gasteiger partial charge in [-0.3, -0.25) is 0 Å². The number of fused-ring (bicyclic) bond motifs is 1. The quantitative estimate of drug-likeness (QED) is 0.737. The summed E-state index contributed by atoms with van der Waals surface area (Å²) in [6.07, 6.45) is 0. The van der Waals surface area contributed by atoms with E-state index in [0.717, 1.165) is 6.07 Å². The second kappa shape index (κ2) is 6.03. The number of carboxylic acids is 2. The van der Waals surface area contributed by atoms with Crippen LogP contribution in [0.5, 0.6) is 0 Å². The molecule has 1 aromatic carbocycles. The molecule has 2 N–H and O–H groups in total. The third-order valence-corrected chi connectivity index (χ3v) is 3.94. The lowest BCUT2D eigenvalue weighted by Gasteiger charge is -2.09. The average Bonchev–Trinajstić information content (AvgIpc) is 2.53. The van der Waals surface area contributed by atoms with Crippen LogP contribution in [0.2, 0.25) is 5.02 Å². The Balaban J connectivity index is 2.40. The van der Waals surface area contributed by atoms with E-state index in [1.807, 2.05) is 0 Å². The van der Waals surface area contributed by atoms with E-state index >= 15 is 0 Å². The van der Waals surface area contributed by atoms with Crippen molar-refractivity contribution in [2.75, 3.05) is 0 Å². The normalized spacial score (nSPS) is 10.8. The summed E-state index contributed by atoms with van der Waals surface area (Å²) in [5, 5.41) is 19.0. The molecule has 25 heavy (non-hydrogen) atoms. The molecule has 0 aliphatic carbocycles. The number of hydrogen-bond acceptors (Lipinski definition) is 5. The van der Waals surface area contributed by atoms with Crippen LogP contribution < -0.4 is 5.63 Å². The molecule has 126 valence electrons. The molecule has 0 saturated heterocycles. The summed E-state index contributed by atoms with van der Waals surface area (Å²) in [5.74, 6) is -2.97. The van der Waals surface area contributed by atoms with Crippen LogP contribution >= 0.6 is 11.6 Å². The lowest BCUT2D eigenvalue weighted by atomic mass is 9.99. The highest BCUT2D eigenvalue weighted by Gasteiger charge is 2.22. The van der Waals surface area contributed by atoms with Crippen molar-refractivity contribution in [1.82, 2.24) is 4.98 Å². The number of benzene rings is 1. The van der Waals surface area contributed by atoms with Gasteiger partial charge in [0.2, 0.25) is 5.71 Å². The molecule has 0 spiro atoms. The summed E-state index contributed by atoms with van der Waals surface area (Å²) in [7, 11) is 0.